The summed E-state index contributed by atoms with van der Waals surface area (Å²) >= 11 is 18.7. The van der Waals surface area contributed by atoms with E-state index in [1.54, 1.807) is 36.4 Å². The molecule has 2 unspecified atom stereocenters. The van der Waals surface area contributed by atoms with Crippen molar-refractivity contribution in [2.24, 2.45) is 5.92 Å². The second-order valence-electron chi connectivity index (χ2n) is 7.65. The smallest absolute Gasteiger partial charge is 0.231 e. The fourth-order valence-electron chi connectivity index (χ4n) is 4.13. The first-order chi connectivity index (χ1) is 15.0. The van der Waals surface area contributed by atoms with Gasteiger partial charge in [0.15, 0.2) is 0 Å². The molecule has 0 radical (unpaired) electrons. The summed E-state index contributed by atoms with van der Waals surface area (Å²) in [6, 6.07) is 22.1. The van der Waals surface area contributed by atoms with Gasteiger partial charge < -0.3 is 4.90 Å². The van der Waals surface area contributed by atoms with E-state index in [4.69, 9.17) is 40.1 Å². The van der Waals surface area contributed by atoms with Crippen molar-refractivity contribution in [2.75, 3.05) is 4.90 Å². The van der Waals surface area contributed by atoms with Gasteiger partial charge in [-0.1, -0.05) is 53.0 Å². The monoisotopic (exact) mass is 468 g/mol. The second kappa shape index (κ2) is 9.32. The molecule has 4 rings (SSSR count). The van der Waals surface area contributed by atoms with Gasteiger partial charge in [0, 0.05) is 26.7 Å². The SMILES string of the molecule is N#Cc1ccc(CC2CCC(c3ccc(Cl)cc3Cl)N(c3ccc(Cl)cc3)C2=O)cc1. The summed E-state index contributed by atoms with van der Waals surface area (Å²) in [4.78, 5) is 15.5. The highest BCUT2D eigenvalue weighted by atomic mass is 35.5. The summed E-state index contributed by atoms with van der Waals surface area (Å²) in [7, 11) is 0. The first-order valence-electron chi connectivity index (χ1n) is 9.99. The zero-order valence-corrected chi connectivity index (χ0v) is 18.8. The zero-order valence-electron chi connectivity index (χ0n) is 16.6. The second-order valence-corrected chi connectivity index (χ2v) is 8.93. The molecule has 3 nitrogen and oxygen atoms in total. The molecule has 1 aliphatic heterocycles. The summed E-state index contributed by atoms with van der Waals surface area (Å²) in [6.07, 6.45) is 2.14. The van der Waals surface area contributed by atoms with Crippen LogP contribution in [0, 0.1) is 17.2 Å². The third-order valence-corrected chi connectivity index (χ3v) is 6.49. The van der Waals surface area contributed by atoms with Crippen LogP contribution in [0.25, 0.3) is 0 Å². The fourth-order valence-corrected chi connectivity index (χ4v) is 4.79. The van der Waals surface area contributed by atoms with Crippen molar-refractivity contribution < 1.29 is 4.79 Å². The molecule has 1 aliphatic rings. The largest absolute Gasteiger partial charge is 0.305 e. The van der Waals surface area contributed by atoms with E-state index in [1.807, 2.05) is 35.2 Å². The molecule has 156 valence electrons. The summed E-state index contributed by atoms with van der Waals surface area (Å²) < 4.78 is 0. The topological polar surface area (TPSA) is 44.1 Å². The Balaban J connectivity index is 1.67. The van der Waals surface area contributed by atoms with E-state index in [2.05, 4.69) is 6.07 Å². The minimum atomic E-state index is -0.185. The van der Waals surface area contributed by atoms with E-state index in [0.29, 0.717) is 27.1 Å². The number of halogens is 3. The van der Waals surface area contributed by atoms with Crippen LogP contribution in [0.3, 0.4) is 0 Å². The maximum absolute atomic E-state index is 13.7. The molecule has 6 heteroatoms. The zero-order chi connectivity index (χ0) is 22.0. The van der Waals surface area contributed by atoms with Gasteiger partial charge in [0.25, 0.3) is 0 Å². The third kappa shape index (κ3) is 4.72. The van der Waals surface area contributed by atoms with E-state index < -0.39 is 0 Å². The lowest BCUT2D eigenvalue weighted by molar-refractivity contribution is -0.124. The highest BCUT2D eigenvalue weighted by molar-refractivity contribution is 6.35. The maximum Gasteiger partial charge on any atom is 0.231 e. The molecular formula is C25H19Cl3N2O. The number of amides is 1. The Kier molecular flexibility index (Phi) is 6.53. The Morgan fingerprint density at radius 3 is 2.23 bits per heavy atom. The maximum atomic E-state index is 13.7. The summed E-state index contributed by atoms with van der Waals surface area (Å²) in [5.41, 5.74) is 3.32. The van der Waals surface area contributed by atoms with Crippen LogP contribution in [-0.4, -0.2) is 5.91 Å². The average Bonchev–Trinajstić information content (AvgIpc) is 2.77. The van der Waals surface area contributed by atoms with Crippen LogP contribution < -0.4 is 4.90 Å². The van der Waals surface area contributed by atoms with E-state index >= 15 is 0 Å². The molecule has 0 bridgehead atoms. The highest BCUT2D eigenvalue weighted by Crippen LogP contribution is 2.41. The van der Waals surface area contributed by atoms with Crippen molar-refractivity contribution in [3.63, 3.8) is 0 Å². The van der Waals surface area contributed by atoms with Gasteiger partial charge in [0.05, 0.1) is 17.7 Å². The summed E-state index contributed by atoms with van der Waals surface area (Å²) in [5.74, 6) is -0.111. The molecule has 0 aliphatic carbocycles. The Labute approximate surface area is 196 Å². The molecule has 0 saturated carbocycles. The van der Waals surface area contributed by atoms with Crippen LogP contribution in [0.1, 0.15) is 35.6 Å². The van der Waals surface area contributed by atoms with Gasteiger partial charge in [-0.25, -0.2) is 0 Å². The normalized spacial score (nSPS) is 18.6. The molecule has 3 aromatic carbocycles. The number of anilines is 1. The molecule has 1 saturated heterocycles. The van der Waals surface area contributed by atoms with Crippen LogP contribution in [-0.2, 0) is 11.2 Å². The van der Waals surface area contributed by atoms with Gasteiger partial charge in [-0.05, 0) is 78.9 Å². The lowest BCUT2D eigenvalue weighted by atomic mass is 9.84. The predicted octanol–water partition coefficient (Wildman–Crippen LogP) is 7.25. The van der Waals surface area contributed by atoms with Gasteiger partial charge in [-0.2, -0.15) is 5.26 Å². The first-order valence-corrected chi connectivity index (χ1v) is 11.1. The number of hydrogen-bond donors (Lipinski definition) is 0. The number of carbonyl (C=O) groups excluding carboxylic acids is 1. The molecule has 0 aromatic heterocycles. The lowest BCUT2D eigenvalue weighted by Crippen LogP contribution is -2.44. The quantitative estimate of drug-likeness (QED) is 0.404. The lowest BCUT2D eigenvalue weighted by Gasteiger charge is -2.40. The number of piperidine rings is 1. The number of carbonyl (C=O) groups is 1. The Morgan fingerprint density at radius 1 is 0.903 bits per heavy atom. The predicted molar refractivity (Wildman–Crippen MR) is 126 cm³/mol. The minimum absolute atomic E-state index is 0.0500. The average molecular weight is 470 g/mol. The molecule has 2 atom stereocenters. The Bertz CT molecular complexity index is 1140. The molecule has 0 N–H and O–H groups in total. The number of rotatable bonds is 4. The van der Waals surface area contributed by atoms with Crippen LogP contribution in [0.5, 0.6) is 0 Å². The van der Waals surface area contributed by atoms with Crippen LogP contribution in [0.4, 0.5) is 5.69 Å². The number of benzene rings is 3. The molecule has 3 aromatic rings. The molecule has 1 fully saturated rings. The summed E-state index contributed by atoms with van der Waals surface area (Å²) in [5, 5.41) is 10.7. The van der Waals surface area contributed by atoms with E-state index in [-0.39, 0.29) is 17.9 Å². The van der Waals surface area contributed by atoms with Crippen molar-refractivity contribution in [1.82, 2.24) is 0 Å². The number of nitriles is 1. The van der Waals surface area contributed by atoms with Crippen molar-refractivity contribution in [3.8, 4) is 6.07 Å². The van der Waals surface area contributed by atoms with Crippen molar-refractivity contribution >= 4 is 46.4 Å². The van der Waals surface area contributed by atoms with Gasteiger partial charge in [0.1, 0.15) is 0 Å². The summed E-state index contributed by atoms with van der Waals surface area (Å²) in [6.45, 7) is 0. The molecular weight excluding hydrogens is 451 g/mol. The first kappa shape index (κ1) is 21.7. The molecule has 31 heavy (non-hydrogen) atoms. The fraction of sp³-hybridized carbons (Fsp3) is 0.200. The Morgan fingerprint density at radius 2 is 1.58 bits per heavy atom. The minimum Gasteiger partial charge on any atom is -0.305 e. The van der Waals surface area contributed by atoms with Crippen LogP contribution in [0.2, 0.25) is 15.1 Å². The highest BCUT2D eigenvalue weighted by Gasteiger charge is 2.37. The molecule has 0 spiro atoms. The third-order valence-electron chi connectivity index (χ3n) is 5.68. The van der Waals surface area contributed by atoms with E-state index in [9.17, 15) is 4.79 Å². The number of nitrogens with zero attached hydrogens (tertiary/aromatic N) is 2. The van der Waals surface area contributed by atoms with E-state index in [1.165, 1.54) is 0 Å². The van der Waals surface area contributed by atoms with Gasteiger partial charge in [-0.15, -0.1) is 0 Å². The standard InChI is InChI=1S/C25H19Cl3N2O/c26-19-6-9-21(10-7-19)30-24(22-11-8-20(27)14-23(22)28)12-5-18(25(30)31)13-16-1-3-17(15-29)4-2-16/h1-4,6-11,14,18,24H,5,12-13H2. The van der Waals surface area contributed by atoms with Crippen molar-refractivity contribution in [1.29, 1.82) is 5.26 Å². The van der Waals surface area contributed by atoms with Gasteiger partial charge in [-0.3, -0.25) is 4.79 Å². The van der Waals surface area contributed by atoms with Crippen LogP contribution in [0.15, 0.2) is 66.7 Å². The van der Waals surface area contributed by atoms with Crippen molar-refractivity contribution in [2.45, 2.75) is 25.3 Å². The molecule has 1 heterocycles. The number of hydrogen-bond acceptors (Lipinski definition) is 2. The van der Waals surface area contributed by atoms with Gasteiger partial charge >= 0.3 is 0 Å². The van der Waals surface area contributed by atoms with Crippen LogP contribution >= 0.6 is 34.8 Å². The van der Waals surface area contributed by atoms with Gasteiger partial charge in [0.2, 0.25) is 5.91 Å². The Hall–Kier alpha value is -2.51. The van der Waals surface area contributed by atoms with E-state index in [0.717, 1.165) is 29.7 Å². The molecule has 1 amide bonds. The van der Waals surface area contributed by atoms with Crippen molar-refractivity contribution in [3.05, 3.63) is 98.5 Å².